The first-order valence-corrected chi connectivity index (χ1v) is 5.50. The first kappa shape index (κ1) is 13.9. The molecule has 1 atom stereocenters. The van der Waals surface area contributed by atoms with Crippen LogP contribution >= 0.6 is 0 Å². The van der Waals surface area contributed by atoms with Crippen LogP contribution in [-0.2, 0) is 14.3 Å². The van der Waals surface area contributed by atoms with Gasteiger partial charge in [-0.25, -0.2) is 0 Å². The van der Waals surface area contributed by atoms with Gasteiger partial charge in [-0.1, -0.05) is 20.3 Å². The second-order valence-corrected chi connectivity index (χ2v) is 3.58. The van der Waals surface area contributed by atoms with Crippen LogP contribution in [0.15, 0.2) is 0 Å². The van der Waals surface area contributed by atoms with E-state index in [0.29, 0.717) is 19.4 Å². The van der Waals surface area contributed by atoms with Gasteiger partial charge < -0.3 is 9.84 Å². The molecule has 0 bridgehead atoms. The number of hydrogen-bond donors (Lipinski definition) is 1. The van der Waals surface area contributed by atoms with Gasteiger partial charge in [0.2, 0.25) is 0 Å². The zero-order valence-corrected chi connectivity index (χ0v) is 9.49. The lowest BCUT2D eigenvalue weighted by Crippen LogP contribution is -2.16. The molecule has 0 rings (SSSR count). The summed E-state index contributed by atoms with van der Waals surface area (Å²) in [6.45, 7) is 4.28. The molecule has 0 aliphatic carbocycles. The van der Waals surface area contributed by atoms with Gasteiger partial charge in [-0.2, -0.15) is 0 Å². The molecule has 0 aliphatic rings. The fourth-order valence-corrected chi connectivity index (χ4v) is 1.32. The molecule has 0 radical (unpaired) electrons. The van der Waals surface area contributed by atoms with Gasteiger partial charge in [0.1, 0.15) is 0 Å². The van der Waals surface area contributed by atoms with Crippen molar-refractivity contribution < 1.29 is 19.4 Å². The predicted octanol–water partition coefficient (Wildman–Crippen LogP) is 2.22. The Morgan fingerprint density at radius 3 is 2.33 bits per heavy atom. The van der Waals surface area contributed by atoms with Crippen molar-refractivity contribution in [1.82, 2.24) is 0 Å². The predicted molar refractivity (Wildman–Crippen MR) is 56.5 cm³/mol. The summed E-state index contributed by atoms with van der Waals surface area (Å²) in [5, 5.41) is 8.84. The highest BCUT2D eigenvalue weighted by Gasteiger charge is 2.17. The van der Waals surface area contributed by atoms with Crippen molar-refractivity contribution in [2.24, 2.45) is 5.92 Å². The largest absolute Gasteiger partial charge is 0.481 e. The van der Waals surface area contributed by atoms with E-state index in [4.69, 9.17) is 9.84 Å². The van der Waals surface area contributed by atoms with Crippen molar-refractivity contribution in [3.63, 3.8) is 0 Å². The molecule has 0 spiro atoms. The zero-order valence-electron chi connectivity index (χ0n) is 9.49. The van der Waals surface area contributed by atoms with E-state index in [0.717, 1.165) is 12.8 Å². The molecule has 0 heterocycles. The molecule has 0 saturated heterocycles. The third-order valence-electron chi connectivity index (χ3n) is 2.15. The van der Waals surface area contributed by atoms with Crippen LogP contribution in [0.1, 0.15) is 46.0 Å². The quantitative estimate of drug-likeness (QED) is 0.632. The molecule has 4 nitrogen and oxygen atoms in total. The van der Waals surface area contributed by atoms with Crippen molar-refractivity contribution in [2.75, 3.05) is 6.61 Å². The Bertz CT molecular complexity index is 201. The van der Waals surface area contributed by atoms with Crippen LogP contribution < -0.4 is 0 Å². The molecule has 4 heteroatoms. The number of esters is 1. The molecule has 0 aliphatic heterocycles. The highest BCUT2D eigenvalue weighted by Crippen LogP contribution is 2.14. The molecular formula is C11H20O4. The third-order valence-corrected chi connectivity index (χ3v) is 2.15. The lowest BCUT2D eigenvalue weighted by Gasteiger charge is -2.10. The van der Waals surface area contributed by atoms with E-state index in [1.165, 1.54) is 0 Å². The Kier molecular flexibility index (Phi) is 7.68. The molecule has 15 heavy (non-hydrogen) atoms. The molecule has 1 N–H and O–H groups in total. The molecule has 0 aromatic carbocycles. The number of carbonyl (C=O) groups is 2. The van der Waals surface area contributed by atoms with Crippen LogP contribution in [-0.4, -0.2) is 23.7 Å². The number of aliphatic carboxylic acids is 1. The second kappa shape index (κ2) is 8.26. The number of carboxylic acids is 1. The Labute approximate surface area is 90.6 Å². The van der Waals surface area contributed by atoms with Crippen LogP contribution in [0, 0.1) is 5.92 Å². The summed E-state index contributed by atoms with van der Waals surface area (Å²) in [4.78, 5) is 21.9. The van der Waals surface area contributed by atoms with Crippen LogP contribution in [0.4, 0.5) is 0 Å². The Morgan fingerprint density at radius 1 is 1.20 bits per heavy atom. The number of carboxylic acid groups (broad SMARTS) is 1. The minimum atomic E-state index is -0.819. The van der Waals surface area contributed by atoms with Gasteiger partial charge in [0.25, 0.3) is 0 Å². The fourth-order valence-electron chi connectivity index (χ4n) is 1.32. The summed E-state index contributed by atoms with van der Waals surface area (Å²) in [7, 11) is 0. The van der Waals surface area contributed by atoms with E-state index in [1.807, 2.05) is 13.8 Å². The Morgan fingerprint density at radius 2 is 1.87 bits per heavy atom. The van der Waals surface area contributed by atoms with E-state index in [2.05, 4.69) is 0 Å². The average Bonchev–Trinajstić information content (AvgIpc) is 2.20. The van der Waals surface area contributed by atoms with Crippen molar-refractivity contribution in [3.05, 3.63) is 0 Å². The van der Waals surface area contributed by atoms with Gasteiger partial charge in [-0.15, -0.1) is 0 Å². The van der Waals surface area contributed by atoms with Crippen LogP contribution in [0.3, 0.4) is 0 Å². The van der Waals surface area contributed by atoms with Crippen molar-refractivity contribution in [2.45, 2.75) is 46.0 Å². The van der Waals surface area contributed by atoms with E-state index in [9.17, 15) is 9.59 Å². The highest BCUT2D eigenvalue weighted by atomic mass is 16.5. The number of carbonyl (C=O) groups excluding carboxylic acids is 1. The van der Waals surface area contributed by atoms with E-state index in [1.54, 1.807) is 0 Å². The summed E-state index contributed by atoms with van der Waals surface area (Å²) in [6, 6.07) is 0. The fraction of sp³-hybridized carbons (Fsp3) is 0.818. The number of ether oxygens (including phenoxy) is 1. The molecule has 0 aromatic rings. The van der Waals surface area contributed by atoms with Crippen molar-refractivity contribution in [3.8, 4) is 0 Å². The van der Waals surface area contributed by atoms with E-state index < -0.39 is 11.9 Å². The summed E-state index contributed by atoms with van der Waals surface area (Å²) in [5.41, 5.74) is 0. The SMILES string of the molecule is CCCOC(=O)CCC(CCC)C(=O)O. The molecule has 0 amide bonds. The second-order valence-electron chi connectivity index (χ2n) is 3.58. The zero-order chi connectivity index (χ0) is 11.7. The number of hydrogen-bond acceptors (Lipinski definition) is 3. The minimum absolute atomic E-state index is 0.205. The first-order valence-electron chi connectivity index (χ1n) is 5.50. The first-order chi connectivity index (χ1) is 7.11. The summed E-state index contributed by atoms with van der Waals surface area (Å²) in [6.07, 6.45) is 2.82. The van der Waals surface area contributed by atoms with Crippen LogP contribution in [0.2, 0.25) is 0 Å². The monoisotopic (exact) mass is 216 g/mol. The minimum Gasteiger partial charge on any atom is -0.481 e. The van der Waals surface area contributed by atoms with Gasteiger partial charge in [0.05, 0.1) is 12.5 Å². The molecular weight excluding hydrogens is 196 g/mol. The maximum Gasteiger partial charge on any atom is 0.306 e. The summed E-state index contributed by atoms with van der Waals surface area (Å²) >= 11 is 0. The molecule has 0 aromatic heterocycles. The molecule has 0 saturated carbocycles. The van der Waals surface area contributed by atoms with Gasteiger partial charge in [0, 0.05) is 6.42 Å². The lowest BCUT2D eigenvalue weighted by molar-refractivity contribution is -0.145. The van der Waals surface area contributed by atoms with Crippen molar-refractivity contribution in [1.29, 1.82) is 0 Å². The van der Waals surface area contributed by atoms with E-state index in [-0.39, 0.29) is 12.4 Å². The van der Waals surface area contributed by atoms with Gasteiger partial charge in [-0.05, 0) is 19.3 Å². The Balaban J connectivity index is 3.78. The normalized spacial score (nSPS) is 12.1. The van der Waals surface area contributed by atoms with Gasteiger partial charge in [-0.3, -0.25) is 9.59 Å². The molecule has 0 fully saturated rings. The maximum atomic E-state index is 11.1. The van der Waals surface area contributed by atoms with Gasteiger partial charge in [0.15, 0.2) is 0 Å². The number of rotatable bonds is 8. The van der Waals surface area contributed by atoms with Crippen LogP contribution in [0.25, 0.3) is 0 Å². The highest BCUT2D eigenvalue weighted by molar-refractivity contribution is 5.73. The maximum absolute atomic E-state index is 11.1. The average molecular weight is 216 g/mol. The standard InChI is InChI=1S/C11H20O4/c1-3-5-9(11(13)14)6-7-10(12)15-8-4-2/h9H,3-8H2,1-2H3,(H,13,14). The summed E-state index contributed by atoms with van der Waals surface area (Å²) < 4.78 is 4.87. The smallest absolute Gasteiger partial charge is 0.306 e. The molecule has 88 valence electrons. The lowest BCUT2D eigenvalue weighted by atomic mass is 9.98. The van der Waals surface area contributed by atoms with E-state index >= 15 is 0 Å². The summed E-state index contributed by atoms with van der Waals surface area (Å²) in [5.74, 6) is -1.52. The van der Waals surface area contributed by atoms with Gasteiger partial charge >= 0.3 is 11.9 Å². The third kappa shape index (κ3) is 6.94. The van der Waals surface area contributed by atoms with Crippen LogP contribution in [0.5, 0.6) is 0 Å². The Hall–Kier alpha value is -1.06. The topological polar surface area (TPSA) is 63.6 Å². The molecule has 1 unspecified atom stereocenters. The van der Waals surface area contributed by atoms with Crippen molar-refractivity contribution >= 4 is 11.9 Å².